The highest BCUT2D eigenvalue weighted by Gasteiger charge is 2.34. The predicted octanol–water partition coefficient (Wildman–Crippen LogP) is 4.51. The maximum Gasteiger partial charge on any atom is 0.258 e. The average molecular weight is 528 g/mol. The van der Waals surface area contributed by atoms with E-state index < -0.39 is 6.04 Å². The zero-order valence-electron chi connectivity index (χ0n) is 23.2. The van der Waals surface area contributed by atoms with Crippen molar-refractivity contribution in [2.45, 2.75) is 33.2 Å². The van der Waals surface area contributed by atoms with E-state index in [1.54, 1.807) is 35.2 Å². The monoisotopic (exact) mass is 527 g/mol. The van der Waals surface area contributed by atoms with Crippen LogP contribution >= 0.6 is 0 Å². The molecule has 0 saturated heterocycles. The van der Waals surface area contributed by atoms with E-state index in [1.165, 1.54) is 0 Å². The fourth-order valence-corrected chi connectivity index (χ4v) is 4.46. The van der Waals surface area contributed by atoms with Crippen molar-refractivity contribution in [3.8, 4) is 0 Å². The van der Waals surface area contributed by atoms with Crippen LogP contribution < -0.4 is 26.2 Å². The molecule has 0 aromatic heterocycles. The predicted molar refractivity (Wildman–Crippen MR) is 156 cm³/mol. The van der Waals surface area contributed by atoms with E-state index in [0.717, 1.165) is 16.8 Å². The van der Waals surface area contributed by atoms with Crippen LogP contribution in [0.2, 0.25) is 0 Å². The summed E-state index contributed by atoms with van der Waals surface area (Å²) >= 11 is 0. The molecule has 39 heavy (non-hydrogen) atoms. The van der Waals surface area contributed by atoms with Crippen molar-refractivity contribution in [2.24, 2.45) is 11.1 Å². The molecular weight excluding hydrogens is 490 g/mol. The Morgan fingerprint density at radius 3 is 2.28 bits per heavy atom. The molecule has 204 valence electrons. The second-order valence-corrected chi connectivity index (χ2v) is 11.1. The highest BCUT2D eigenvalue weighted by molar-refractivity contribution is 6.12. The molecule has 8 heteroatoms. The summed E-state index contributed by atoms with van der Waals surface area (Å²) in [5, 5.41) is 5.85. The highest BCUT2D eigenvalue weighted by atomic mass is 16.2. The third-order valence-electron chi connectivity index (χ3n) is 7.07. The van der Waals surface area contributed by atoms with Crippen LogP contribution in [0.25, 0.3) is 0 Å². The summed E-state index contributed by atoms with van der Waals surface area (Å²) in [6.07, 6.45) is 0.0749. The number of nitrogens with one attached hydrogen (secondary N) is 2. The van der Waals surface area contributed by atoms with Gasteiger partial charge in [-0.15, -0.1) is 0 Å². The van der Waals surface area contributed by atoms with Gasteiger partial charge in [0.2, 0.25) is 5.91 Å². The van der Waals surface area contributed by atoms with Gasteiger partial charge >= 0.3 is 0 Å². The van der Waals surface area contributed by atoms with Crippen LogP contribution in [-0.4, -0.2) is 44.9 Å². The third-order valence-corrected chi connectivity index (χ3v) is 7.07. The number of carbonyl (C=O) groups is 3. The maximum absolute atomic E-state index is 14.1. The standard InChI is InChI=1S/C31H37N5O3/c1-20-6-8-21(9-7-20)27-17-28(37)34-25-16-23(29(38)33-19-31(2,3)18-32)12-15-26(25)36(27)30(39)22-10-13-24(14-11-22)35(4)5/h6-16,27H,17-19,32H2,1-5H3,(H,33,38)(H,34,37). The van der Waals surface area contributed by atoms with Gasteiger partial charge in [0.15, 0.2) is 0 Å². The second kappa shape index (κ2) is 11.3. The number of hydrogen-bond acceptors (Lipinski definition) is 5. The van der Waals surface area contributed by atoms with Crippen molar-refractivity contribution >= 4 is 34.8 Å². The largest absolute Gasteiger partial charge is 0.378 e. The average Bonchev–Trinajstić information content (AvgIpc) is 3.07. The van der Waals surface area contributed by atoms with E-state index in [9.17, 15) is 14.4 Å². The number of nitrogens with zero attached hydrogens (tertiary/aromatic N) is 2. The van der Waals surface area contributed by atoms with Crippen molar-refractivity contribution in [3.05, 3.63) is 89.0 Å². The minimum Gasteiger partial charge on any atom is -0.378 e. The molecule has 8 nitrogen and oxygen atoms in total. The number of anilines is 3. The Balaban J connectivity index is 1.77. The Labute approximate surface area is 230 Å². The lowest BCUT2D eigenvalue weighted by Crippen LogP contribution is -2.38. The van der Waals surface area contributed by atoms with Gasteiger partial charge in [-0.25, -0.2) is 0 Å². The number of hydrogen-bond donors (Lipinski definition) is 3. The molecule has 4 N–H and O–H groups in total. The molecule has 1 unspecified atom stereocenters. The van der Waals surface area contributed by atoms with Gasteiger partial charge in [0.1, 0.15) is 0 Å². The molecular formula is C31H37N5O3. The first-order chi connectivity index (χ1) is 18.5. The summed E-state index contributed by atoms with van der Waals surface area (Å²) in [7, 11) is 3.88. The van der Waals surface area contributed by atoms with Crippen molar-refractivity contribution < 1.29 is 14.4 Å². The number of nitrogens with two attached hydrogens (primary N) is 1. The van der Waals surface area contributed by atoms with Gasteiger partial charge in [0, 0.05) is 37.5 Å². The molecule has 3 aromatic rings. The van der Waals surface area contributed by atoms with Crippen LogP contribution in [-0.2, 0) is 4.79 Å². The molecule has 0 saturated carbocycles. The lowest BCUT2D eigenvalue weighted by Gasteiger charge is -2.31. The molecule has 0 spiro atoms. The Morgan fingerprint density at radius 2 is 1.67 bits per heavy atom. The highest BCUT2D eigenvalue weighted by Crippen LogP contribution is 2.40. The number of benzene rings is 3. The van der Waals surface area contributed by atoms with Gasteiger partial charge in [-0.2, -0.15) is 0 Å². The lowest BCUT2D eigenvalue weighted by molar-refractivity contribution is -0.116. The molecule has 1 heterocycles. The molecule has 1 atom stereocenters. The Kier molecular flexibility index (Phi) is 8.06. The number of amides is 3. The minimum absolute atomic E-state index is 0.0749. The quantitative estimate of drug-likeness (QED) is 0.419. The summed E-state index contributed by atoms with van der Waals surface area (Å²) in [5.41, 5.74) is 10.3. The summed E-state index contributed by atoms with van der Waals surface area (Å²) in [6.45, 7) is 6.79. The third kappa shape index (κ3) is 6.29. The molecule has 0 radical (unpaired) electrons. The summed E-state index contributed by atoms with van der Waals surface area (Å²) in [6, 6.07) is 19.8. The molecule has 1 aliphatic heterocycles. The first-order valence-electron chi connectivity index (χ1n) is 13.1. The number of rotatable bonds is 7. The van der Waals surface area contributed by atoms with E-state index in [1.807, 2.05) is 76.2 Å². The van der Waals surface area contributed by atoms with Crippen LogP contribution in [0.3, 0.4) is 0 Å². The van der Waals surface area contributed by atoms with E-state index >= 15 is 0 Å². The maximum atomic E-state index is 14.1. The molecule has 1 aliphatic rings. The number of aryl methyl sites for hydroxylation is 1. The van der Waals surface area contributed by atoms with Crippen molar-refractivity contribution in [2.75, 3.05) is 42.3 Å². The Bertz CT molecular complexity index is 1360. The summed E-state index contributed by atoms with van der Waals surface area (Å²) in [4.78, 5) is 43.8. The minimum atomic E-state index is -0.530. The van der Waals surface area contributed by atoms with Gasteiger partial charge in [0.25, 0.3) is 11.8 Å². The van der Waals surface area contributed by atoms with Gasteiger partial charge in [0.05, 0.1) is 23.8 Å². The van der Waals surface area contributed by atoms with Gasteiger partial charge in [-0.3, -0.25) is 19.3 Å². The van der Waals surface area contributed by atoms with Gasteiger partial charge in [-0.1, -0.05) is 43.7 Å². The molecule has 0 fully saturated rings. The summed E-state index contributed by atoms with van der Waals surface area (Å²) in [5.74, 6) is -0.738. The smallest absolute Gasteiger partial charge is 0.258 e. The molecule has 0 aliphatic carbocycles. The van der Waals surface area contributed by atoms with Crippen LogP contribution in [0, 0.1) is 12.3 Å². The van der Waals surface area contributed by atoms with Crippen LogP contribution in [0.15, 0.2) is 66.7 Å². The van der Waals surface area contributed by atoms with E-state index in [0.29, 0.717) is 35.6 Å². The van der Waals surface area contributed by atoms with E-state index in [4.69, 9.17) is 5.73 Å². The first kappa shape index (κ1) is 27.9. The SMILES string of the molecule is Cc1ccc(C2CC(=O)Nc3cc(C(=O)NCC(C)(C)CN)ccc3N2C(=O)c2ccc(N(C)C)cc2)cc1. The second-order valence-electron chi connectivity index (χ2n) is 11.1. The fourth-order valence-electron chi connectivity index (χ4n) is 4.46. The van der Waals surface area contributed by atoms with E-state index in [-0.39, 0.29) is 29.6 Å². The number of fused-ring (bicyclic) bond motifs is 1. The van der Waals surface area contributed by atoms with Crippen LogP contribution in [0.4, 0.5) is 17.1 Å². The summed E-state index contributed by atoms with van der Waals surface area (Å²) < 4.78 is 0. The van der Waals surface area contributed by atoms with Crippen molar-refractivity contribution in [3.63, 3.8) is 0 Å². The fraction of sp³-hybridized carbons (Fsp3) is 0.323. The molecule has 3 amide bonds. The lowest BCUT2D eigenvalue weighted by atomic mass is 9.94. The first-order valence-corrected chi connectivity index (χ1v) is 13.1. The Morgan fingerprint density at radius 1 is 1.03 bits per heavy atom. The Hall–Kier alpha value is -4.17. The van der Waals surface area contributed by atoms with Crippen LogP contribution in [0.5, 0.6) is 0 Å². The molecule has 0 bridgehead atoms. The van der Waals surface area contributed by atoms with Crippen molar-refractivity contribution in [1.29, 1.82) is 0 Å². The zero-order valence-corrected chi connectivity index (χ0v) is 23.2. The number of carbonyl (C=O) groups excluding carboxylic acids is 3. The normalized spacial score (nSPS) is 15.2. The van der Waals surface area contributed by atoms with Crippen LogP contribution in [0.1, 0.15) is 58.2 Å². The zero-order chi connectivity index (χ0) is 28.3. The van der Waals surface area contributed by atoms with E-state index in [2.05, 4.69) is 10.6 Å². The molecule has 3 aromatic carbocycles. The van der Waals surface area contributed by atoms with Gasteiger partial charge < -0.3 is 21.3 Å². The molecule has 4 rings (SSSR count). The van der Waals surface area contributed by atoms with Gasteiger partial charge in [-0.05, 0) is 66.9 Å². The van der Waals surface area contributed by atoms with Crippen molar-refractivity contribution in [1.82, 2.24) is 5.32 Å². The topological polar surface area (TPSA) is 108 Å².